The lowest BCUT2D eigenvalue weighted by atomic mass is 10.0. The number of rotatable bonds is 3. The minimum Gasteiger partial charge on any atom is -0.497 e. The van der Waals surface area contributed by atoms with Crippen LogP contribution in [0.25, 0.3) is 11.4 Å². The highest BCUT2D eigenvalue weighted by Crippen LogP contribution is 2.23. The number of aromatic nitrogens is 3. The smallest absolute Gasteiger partial charge is 0.181 e. The molecule has 0 aliphatic carbocycles. The maximum absolute atomic E-state index is 5.15. The van der Waals surface area contributed by atoms with Crippen LogP contribution in [-0.4, -0.2) is 28.8 Å². The minimum atomic E-state index is 0.313. The zero-order valence-electron chi connectivity index (χ0n) is 11.0. The van der Waals surface area contributed by atoms with Gasteiger partial charge in [0.25, 0.3) is 0 Å². The Morgan fingerprint density at radius 1 is 1.21 bits per heavy atom. The molecular formula is C14H18N4O. The summed E-state index contributed by atoms with van der Waals surface area (Å²) in [6, 6.07) is 8.10. The van der Waals surface area contributed by atoms with E-state index in [-0.39, 0.29) is 0 Å². The van der Waals surface area contributed by atoms with Crippen molar-refractivity contribution in [3.05, 3.63) is 30.1 Å². The Morgan fingerprint density at radius 2 is 2.05 bits per heavy atom. The van der Waals surface area contributed by atoms with Crippen molar-refractivity contribution in [2.45, 2.75) is 25.3 Å². The van der Waals surface area contributed by atoms with Crippen LogP contribution in [0.15, 0.2) is 24.3 Å². The van der Waals surface area contributed by atoms with Gasteiger partial charge in [0.1, 0.15) is 11.6 Å². The van der Waals surface area contributed by atoms with E-state index in [0.717, 1.165) is 35.9 Å². The van der Waals surface area contributed by atoms with Crippen molar-refractivity contribution in [3.63, 3.8) is 0 Å². The fourth-order valence-electron chi connectivity index (χ4n) is 2.38. The van der Waals surface area contributed by atoms with Crippen LogP contribution < -0.4 is 10.1 Å². The molecule has 3 rings (SSSR count). The molecule has 1 aromatic carbocycles. The number of piperidine rings is 1. The van der Waals surface area contributed by atoms with Gasteiger partial charge in [-0.05, 0) is 43.7 Å². The molecule has 0 bridgehead atoms. The normalized spacial score (nSPS) is 19.3. The van der Waals surface area contributed by atoms with Crippen molar-refractivity contribution in [1.82, 2.24) is 20.5 Å². The summed E-state index contributed by atoms with van der Waals surface area (Å²) < 4.78 is 5.15. The van der Waals surface area contributed by atoms with Gasteiger partial charge in [0.05, 0.1) is 13.2 Å². The zero-order chi connectivity index (χ0) is 13.1. The topological polar surface area (TPSA) is 62.8 Å². The predicted molar refractivity (Wildman–Crippen MR) is 73.0 cm³/mol. The van der Waals surface area contributed by atoms with E-state index >= 15 is 0 Å². The number of nitrogens with one attached hydrogen (secondary N) is 2. The average Bonchev–Trinajstić information content (AvgIpc) is 2.98. The highest BCUT2D eigenvalue weighted by atomic mass is 16.5. The largest absolute Gasteiger partial charge is 0.497 e. The lowest BCUT2D eigenvalue weighted by Crippen LogP contribution is -2.27. The van der Waals surface area contributed by atoms with Gasteiger partial charge in [-0.3, -0.25) is 5.10 Å². The molecule has 2 N–H and O–H groups in total. The summed E-state index contributed by atoms with van der Waals surface area (Å²) in [6.07, 6.45) is 3.61. The third-order valence-electron chi connectivity index (χ3n) is 3.49. The van der Waals surface area contributed by atoms with Crippen LogP contribution in [0, 0.1) is 0 Å². The van der Waals surface area contributed by atoms with Gasteiger partial charge in [0.2, 0.25) is 0 Å². The zero-order valence-corrected chi connectivity index (χ0v) is 11.0. The molecule has 1 unspecified atom stereocenters. The average molecular weight is 258 g/mol. The number of hydrogen-bond acceptors (Lipinski definition) is 4. The highest BCUT2D eigenvalue weighted by molar-refractivity contribution is 5.55. The van der Waals surface area contributed by atoms with E-state index in [1.165, 1.54) is 12.8 Å². The first kappa shape index (κ1) is 12.2. The first-order chi connectivity index (χ1) is 9.36. The maximum atomic E-state index is 5.15. The number of aromatic amines is 1. The molecule has 1 saturated heterocycles. The van der Waals surface area contributed by atoms with Gasteiger partial charge < -0.3 is 10.1 Å². The summed E-state index contributed by atoms with van der Waals surface area (Å²) in [5.74, 6) is 2.52. The first-order valence-electron chi connectivity index (χ1n) is 6.67. The van der Waals surface area contributed by atoms with E-state index in [9.17, 15) is 0 Å². The van der Waals surface area contributed by atoms with E-state index in [0.29, 0.717) is 6.04 Å². The van der Waals surface area contributed by atoms with Crippen molar-refractivity contribution >= 4 is 0 Å². The van der Waals surface area contributed by atoms with Crippen LogP contribution in [-0.2, 0) is 0 Å². The van der Waals surface area contributed by atoms with E-state index in [4.69, 9.17) is 4.74 Å². The molecule has 1 aliphatic rings. The molecular weight excluding hydrogens is 240 g/mol. The van der Waals surface area contributed by atoms with Gasteiger partial charge >= 0.3 is 0 Å². The molecule has 2 aromatic rings. The molecule has 0 radical (unpaired) electrons. The van der Waals surface area contributed by atoms with Crippen LogP contribution in [0.4, 0.5) is 0 Å². The van der Waals surface area contributed by atoms with Gasteiger partial charge in [-0.15, -0.1) is 0 Å². The van der Waals surface area contributed by atoms with Crippen LogP contribution in [0.5, 0.6) is 5.75 Å². The molecule has 1 fully saturated rings. The summed E-state index contributed by atoms with van der Waals surface area (Å²) >= 11 is 0. The van der Waals surface area contributed by atoms with Gasteiger partial charge in [-0.1, -0.05) is 6.42 Å². The number of hydrogen-bond donors (Lipinski definition) is 2. The molecule has 0 saturated carbocycles. The number of methoxy groups -OCH3 is 1. The molecule has 1 atom stereocenters. The molecule has 1 aliphatic heterocycles. The van der Waals surface area contributed by atoms with Crippen molar-refractivity contribution in [2.75, 3.05) is 13.7 Å². The van der Waals surface area contributed by atoms with Crippen LogP contribution in [0.3, 0.4) is 0 Å². The van der Waals surface area contributed by atoms with E-state index in [1.807, 2.05) is 24.3 Å². The Hall–Kier alpha value is -1.88. The fourth-order valence-corrected chi connectivity index (χ4v) is 2.38. The van der Waals surface area contributed by atoms with Gasteiger partial charge in [0.15, 0.2) is 5.82 Å². The second-order valence-electron chi connectivity index (χ2n) is 4.78. The third-order valence-corrected chi connectivity index (χ3v) is 3.49. The second kappa shape index (κ2) is 5.40. The highest BCUT2D eigenvalue weighted by Gasteiger charge is 2.18. The summed E-state index contributed by atoms with van der Waals surface area (Å²) in [7, 11) is 1.66. The van der Waals surface area contributed by atoms with Crippen LogP contribution >= 0.6 is 0 Å². The molecule has 2 heterocycles. The number of nitrogens with zero attached hydrogens (tertiary/aromatic N) is 2. The molecule has 0 spiro atoms. The number of ether oxygens (including phenoxy) is 1. The quantitative estimate of drug-likeness (QED) is 0.886. The van der Waals surface area contributed by atoms with Gasteiger partial charge in [-0.2, -0.15) is 5.10 Å². The van der Waals surface area contributed by atoms with E-state index in [2.05, 4.69) is 20.5 Å². The van der Waals surface area contributed by atoms with E-state index in [1.54, 1.807) is 7.11 Å². The minimum absolute atomic E-state index is 0.313. The van der Waals surface area contributed by atoms with E-state index < -0.39 is 0 Å². The van der Waals surface area contributed by atoms with Crippen molar-refractivity contribution in [2.24, 2.45) is 0 Å². The Morgan fingerprint density at radius 3 is 2.74 bits per heavy atom. The molecule has 1 aromatic heterocycles. The predicted octanol–water partition coefficient (Wildman–Crippen LogP) is 2.29. The maximum Gasteiger partial charge on any atom is 0.181 e. The molecule has 0 amide bonds. The van der Waals surface area contributed by atoms with Crippen molar-refractivity contribution in [1.29, 1.82) is 0 Å². The lowest BCUT2D eigenvalue weighted by molar-refractivity contribution is 0.398. The number of H-pyrrole nitrogens is 1. The molecule has 5 heteroatoms. The monoisotopic (exact) mass is 258 g/mol. The van der Waals surface area contributed by atoms with Gasteiger partial charge in [0, 0.05) is 5.56 Å². The second-order valence-corrected chi connectivity index (χ2v) is 4.78. The molecule has 19 heavy (non-hydrogen) atoms. The van der Waals surface area contributed by atoms with Crippen molar-refractivity contribution < 1.29 is 4.74 Å². The van der Waals surface area contributed by atoms with Gasteiger partial charge in [-0.25, -0.2) is 4.98 Å². The Kier molecular flexibility index (Phi) is 3.46. The third kappa shape index (κ3) is 2.61. The Labute approximate surface area is 112 Å². The first-order valence-corrected chi connectivity index (χ1v) is 6.67. The van der Waals surface area contributed by atoms with Crippen LogP contribution in [0.1, 0.15) is 31.1 Å². The summed E-state index contributed by atoms with van der Waals surface area (Å²) in [5.41, 5.74) is 0.999. The lowest BCUT2D eigenvalue weighted by Gasteiger charge is -2.20. The summed E-state index contributed by atoms with van der Waals surface area (Å²) in [5, 5.41) is 10.8. The summed E-state index contributed by atoms with van der Waals surface area (Å²) in [6.45, 7) is 1.06. The standard InChI is InChI=1S/C14H18N4O/c1-19-11-7-5-10(6-8-11)13-16-14(18-17-13)12-4-2-3-9-15-12/h5-8,12,15H,2-4,9H2,1H3,(H,16,17,18). The van der Waals surface area contributed by atoms with Crippen molar-refractivity contribution in [3.8, 4) is 17.1 Å². The fraction of sp³-hybridized carbons (Fsp3) is 0.429. The SMILES string of the molecule is COc1ccc(-c2n[nH]c(C3CCCCN3)n2)cc1. The Balaban J connectivity index is 1.79. The Bertz CT molecular complexity index is 529. The molecule has 5 nitrogen and oxygen atoms in total. The van der Waals surface area contributed by atoms with Crippen LogP contribution in [0.2, 0.25) is 0 Å². The summed E-state index contributed by atoms with van der Waals surface area (Å²) in [4.78, 5) is 4.59. The number of benzene rings is 1. The molecule has 100 valence electrons.